The van der Waals surface area contributed by atoms with Crippen LogP contribution in [0.2, 0.25) is 0 Å². The molecule has 0 radical (unpaired) electrons. The van der Waals surface area contributed by atoms with Gasteiger partial charge < -0.3 is 14.6 Å². The molecule has 2 N–H and O–H groups in total. The first-order valence-electron chi connectivity index (χ1n) is 8.91. The fraction of sp³-hybridized carbons (Fsp3) is 0.211. The van der Waals surface area contributed by atoms with Crippen molar-refractivity contribution in [1.82, 2.24) is 19.5 Å². The van der Waals surface area contributed by atoms with Crippen LogP contribution in [0.25, 0.3) is 0 Å². The fourth-order valence-electron chi connectivity index (χ4n) is 2.45. The normalized spacial score (nSPS) is 11.4. The predicted octanol–water partition coefficient (Wildman–Crippen LogP) is 2.14. The number of sulfonamides is 1. The van der Waals surface area contributed by atoms with Crippen LogP contribution in [-0.2, 0) is 21.8 Å². The number of methoxy groups -OCH3 is 1. The molecule has 0 unspecified atom stereocenters. The SMILES string of the molecule is COCCNS(=O)(=O)c1cccc(C(=O)Nc2ccc(Sc3nncn3C)cc2)c1. The number of hydrogen-bond donors (Lipinski definition) is 2. The Hall–Kier alpha value is -2.73. The molecule has 0 aliphatic rings. The lowest BCUT2D eigenvalue weighted by atomic mass is 10.2. The lowest BCUT2D eigenvalue weighted by Crippen LogP contribution is -2.27. The number of anilines is 1. The van der Waals surface area contributed by atoms with Crippen LogP contribution in [0.3, 0.4) is 0 Å². The number of carbonyl (C=O) groups excluding carboxylic acids is 1. The second-order valence-electron chi connectivity index (χ2n) is 6.22. The number of ether oxygens (including phenoxy) is 1. The third-order valence-corrected chi connectivity index (χ3v) is 6.51. The number of benzene rings is 2. The molecule has 3 rings (SSSR count). The zero-order valence-corrected chi connectivity index (χ0v) is 18.0. The monoisotopic (exact) mass is 447 g/mol. The Balaban J connectivity index is 1.66. The van der Waals surface area contributed by atoms with Gasteiger partial charge in [-0.15, -0.1) is 10.2 Å². The van der Waals surface area contributed by atoms with E-state index in [4.69, 9.17) is 4.74 Å². The number of aromatic nitrogens is 3. The van der Waals surface area contributed by atoms with Crippen molar-refractivity contribution in [3.63, 3.8) is 0 Å². The molecule has 9 nitrogen and oxygen atoms in total. The van der Waals surface area contributed by atoms with Crippen LogP contribution in [0, 0.1) is 0 Å². The third-order valence-electron chi connectivity index (χ3n) is 4.00. The van der Waals surface area contributed by atoms with E-state index in [9.17, 15) is 13.2 Å². The van der Waals surface area contributed by atoms with Crippen LogP contribution in [0.1, 0.15) is 10.4 Å². The Morgan fingerprint density at radius 1 is 1.20 bits per heavy atom. The molecule has 11 heteroatoms. The van der Waals surface area contributed by atoms with Crippen molar-refractivity contribution >= 4 is 33.4 Å². The molecule has 1 aromatic heterocycles. The van der Waals surface area contributed by atoms with Crippen LogP contribution < -0.4 is 10.0 Å². The maximum atomic E-state index is 12.6. The Morgan fingerprint density at radius 2 is 1.97 bits per heavy atom. The van der Waals surface area contributed by atoms with Gasteiger partial charge in [0.05, 0.1) is 11.5 Å². The average molecular weight is 448 g/mol. The molecule has 0 aliphatic carbocycles. The minimum absolute atomic E-state index is 0.0154. The molecule has 158 valence electrons. The summed E-state index contributed by atoms with van der Waals surface area (Å²) in [6.07, 6.45) is 1.62. The summed E-state index contributed by atoms with van der Waals surface area (Å²) >= 11 is 1.45. The zero-order chi connectivity index (χ0) is 21.6. The topological polar surface area (TPSA) is 115 Å². The number of amides is 1. The molecule has 0 fully saturated rings. The van der Waals surface area contributed by atoms with E-state index in [0.29, 0.717) is 5.69 Å². The lowest BCUT2D eigenvalue weighted by Gasteiger charge is -2.09. The highest BCUT2D eigenvalue weighted by atomic mass is 32.2. The van der Waals surface area contributed by atoms with E-state index < -0.39 is 15.9 Å². The Morgan fingerprint density at radius 3 is 2.63 bits per heavy atom. The van der Waals surface area contributed by atoms with Crippen molar-refractivity contribution in [1.29, 1.82) is 0 Å². The van der Waals surface area contributed by atoms with Crippen molar-refractivity contribution in [3.8, 4) is 0 Å². The van der Waals surface area contributed by atoms with Crippen LogP contribution in [0.5, 0.6) is 0 Å². The molecule has 0 saturated carbocycles. The smallest absolute Gasteiger partial charge is 0.255 e. The molecule has 0 saturated heterocycles. The minimum Gasteiger partial charge on any atom is -0.383 e. The molecule has 1 heterocycles. The molecule has 1 amide bonds. The summed E-state index contributed by atoms with van der Waals surface area (Å²) in [5.74, 6) is -0.405. The summed E-state index contributed by atoms with van der Waals surface area (Å²) in [6, 6.07) is 13.1. The summed E-state index contributed by atoms with van der Waals surface area (Å²) in [7, 11) is -0.375. The highest BCUT2D eigenvalue weighted by molar-refractivity contribution is 7.99. The van der Waals surface area contributed by atoms with Crippen molar-refractivity contribution in [2.24, 2.45) is 7.05 Å². The Labute approximate surface area is 178 Å². The molecule has 0 bridgehead atoms. The highest BCUT2D eigenvalue weighted by Crippen LogP contribution is 2.26. The first kappa shape index (κ1) is 22.0. The summed E-state index contributed by atoms with van der Waals surface area (Å²) < 4.78 is 33.7. The second-order valence-corrected chi connectivity index (χ2v) is 9.03. The van der Waals surface area contributed by atoms with E-state index in [1.54, 1.807) is 24.5 Å². The first-order valence-corrected chi connectivity index (χ1v) is 11.2. The quantitative estimate of drug-likeness (QED) is 0.483. The van der Waals surface area contributed by atoms with E-state index in [-0.39, 0.29) is 23.6 Å². The largest absolute Gasteiger partial charge is 0.383 e. The van der Waals surface area contributed by atoms with Gasteiger partial charge >= 0.3 is 0 Å². The number of rotatable bonds is 9. The second kappa shape index (κ2) is 9.85. The third kappa shape index (κ3) is 5.66. The molecule has 3 aromatic rings. The summed E-state index contributed by atoms with van der Waals surface area (Å²) in [5, 5.41) is 11.4. The minimum atomic E-state index is -3.72. The van der Waals surface area contributed by atoms with Crippen LogP contribution >= 0.6 is 11.8 Å². The number of carbonyl (C=O) groups is 1. The van der Waals surface area contributed by atoms with Crippen LogP contribution in [0.15, 0.2) is 69.8 Å². The van der Waals surface area contributed by atoms with Gasteiger partial charge in [-0.05, 0) is 54.2 Å². The molecule has 0 aliphatic heterocycles. The van der Waals surface area contributed by atoms with Crippen LogP contribution in [0.4, 0.5) is 5.69 Å². The zero-order valence-electron chi connectivity index (χ0n) is 16.4. The summed E-state index contributed by atoms with van der Waals surface area (Å²) in [6.45, 7) is 0.401. The fourth-order valence-corrected chi connectivity index (χ4v) is 4.27. The average Bonchev–Trinajstić information content (AvgIpc) is 3.14. The van der Waals surface area contributed by atoms with Gasteiger partial charge in [0.25, 0.3) is 5.91 Å². The Bertz CT molecular complexity index is 1110. The van der Waals surface area contributed by atoms with Gasteiger partial charge in [0.15, 0.2) is 5.16 Å². The van der Waals surface area contributed by atoms with Gasteiger partial charge in [-0.25, -0.2) is 13.1 Å². The van der Waals surface area contributed by atoms with Crippen molar-refractivity contribution in [3.05, 3.63) is 60.4 Å². The van der Waals surface area contributed by atoms with E-state index in [1.165, 1.54) is 37.1 Å². The van der Waals surface area contributed by atoms with Gasteiger partial charge in [0.2, 0.25) is 10.0 Å². The lowest BCUT2D eigenvalue weighted by molar-refractivity contribution is 0.102. The summed E-state index contributed by atoms with van der Waals surface area (Å²) in [5.41, 5.74) is 0.830. The number of hydrogen-bond acceptors (Lipinski definition) is 7. The maximum Gasteiger partial charge on any atom is 0.255 e. The van der Waals surface area contributed by atoms with Gasteiger partial charge in [-0.3, -0.25) is 4.79 Å². The Kier molecular flexibility index (Phi) is 7.21. The molecule has 0 atom stereocenters. The number of nitrogens with zero attached hydrogens (tertiary/aromatic N) is 3. The number of nitrogens with one attached hydrogen (secondary N) is 2. The standard InChI is InChI=1S/C19H21N5O4S2/c1-24-13-20-23-19(24)29-16-8-6-15(7-9-16)22-18(25)14-4-3-5-17(12-14)30(26,27)21-10-11-28-2/h3-9,12-13,21H,10-11H2,1-2H3,(H,22,25). The summed E-state index contributed by atoms with van der Waals surface area (Å²) in [4.78, 5) is 13.5. The van der Waals surface area contributed by atoms with Gasteiger partial charge in [0, 0.05) is 36.8 Å². The van der Waals surface area contributed by atoms with Crippen molar-refractivity contribution in [2.75, 3.05) is 25.6 Å². The van der Waals surface area contributed by atoms with E-state index in [2.05, 4.69) is 20.2 Å². The van der Waals surface area contributed by atoms with Crippen molar-refractivity contribution in [2.45, 2.75) is 14.9 Å². The van der Waals surface area contributed by atoms with Gasteiger partial charge in [-0.2, -0.15) is 0 Å². The number of aryl methyl sites for hydroxylation is 1. The van der Waals surface area contributed by atoms with E-state index in [1.807, 2.05) is 23.7 Å². The van der Waals surface area contributed by atoms with Gasteiger partial charge in [-0.1, -0.05) is 6.07 Å². The first-order chi connectivity index (χ1) is 14.4. The molecular weight excluding hydrogens is 426 g/mol. The van der Waals surface area contributed by atoms with Crippen molar-refractivity contribution < 1.29 is 17.9 Å². The maximum absolute atomic E-state index is 12.6. The van der Waals surface area contributed by atoms with E-state index >= 15 is 0 Å². The van der Waals surface area contributed by atoms with E-state index in [0.717, 1.165) is 10.1 Å². The molecular formula is C19H21N5O4S2. The highest BCUT2D eigenvalue weighted by Gasteiger charge is 2.16. The molecule has 30 heavy (non-hydrogen) atoms. The van der Waals surface area contributed by atoms with Crippen LogP contribution in [-0.4, -0.2) is 49.4 Å². The predicted molar refractivity (Wildman–Crippen MR) is 113 cm³/mol. The van der Waals surface area contributed by atoms with Gasteiger partial charge in [0.1, 0.15) is 6.33 Å². The molecule has 0 spiro atoms. The molecule has 2 aromatic carbocycles.